The Balaban J connectivity index is 1.12. The summed E-state index contributed by atoms with van der Waals surface area (Å²) >= 11 is 13.2. The van der Waals surface area contributed by atoms with Crippen LogP contribution in [0.2, 0.25) is 10.0 Å². The number of nitriles is 2. The Morgan fingerprint density at radius 2 is 1.14 bits per heavy atom. The minimum Gasteiger partial charge on any atom is -0.488 e. The van der Waals surface area contributed by atoms with Gasteiger partial charge in [0.2, 0.25) is 5.88 Å². The lowest BCUT2D eigenvalue weighted by Gasteiger charge is -2.17. The molecule has 1 aromatic heterocycles. The van der Waals surface area contributed by atoms with Gasteiger partial charge in [0.25, 0.3) is 0 Å². The summed E-state index contributed by atoms with van der Waals surface area (Å²) in [5.74, 6) is 1.71. The molecule has 0 fully saturated rings. The highest BCUT2D eigenvalue weighted by molar-refractivity contribution is 6.32. The second kappa shape index (κ2) is 18.1. The molecule has 0 saturated heterocycles. The summed E-state index contributed by atoms with van der Waals surface area (Å²) in [6.07, 6.45) is 1.43. The van der Waals surface area contributed by atoms with Crippen molar-refractivity contribution in [3.8, 4) is 52.1 Å². The molecule has 288 valence electrons. The fourth-order valence-electron chi connectivity index (χ4n) is 6.39. The zero-order chi connectivity index (χ0) is 40.6. The van der Waals surface area contributed by atoms with E-state index in [4.69, 9.17) is 42.1 Å². The molecule has 58 heavy (non-hydrogen) atoms. The molecule has 0 aliphatic carbocycles. The van der Waals surface area contributed by atoms with Crippen molar-refractivity contribution in [2.45, 2.75) is 40.0 Å². The summed E-state index contributed by atoms with van der Waals surface area (Å²) in [6.45, 7) is 1.94. The maximum Gasteiger partial charge on any atom is 0.230 e. The second-order valence-electron chi connectivity index (χ2n) is 13.2. The van der Waals surface area contributed by atoms with E-state index < -0.39 is 0 Å². The Bertz CT molecular complexity index is 2730. The standard InChI is InChI=1S/C46H34Cl2N4O6/c1-28-33(26-57-43-18-41(34(22-53)16-39(43)47)55-24-31-8-2-6-29(14-31)20-49)10-4-11-36(28)37-12-5-13-38-45(37)51-27-52-46(38)58-44-19-42(35(23-54)17-40(44)48)56-25-32-9-3-7-30(15-32)21-50/h2-19,27,53-54H,22-26H2,1H3. The summed E-state index contributed by atoms with van der Waals surface area (Å²) in [4.78, 5) is 9.10. The number of nitrogens with zero attached hydrogens (tertiary/aromatic N) is 4. The zero-order valence-electron chi connectivity index (χ0n) is 31.1. The predicted molar refractivity (Wildman–Crippen MR) is 220 cm³/mol. The summed E-state index contributed by atoms with van der Waals surface area (Å²) in [5.41, 5.74) is 7.89. The first-order chi connectivity index (χ1) is 28.3. The molecule has 7 rings (SSSR count). The van der Waals surface area contributed by atoms with Crippen LogP contribution in [0.15, 0.2) is 116 Å². The number of fused-ring (bicyclic) bond motifs is 1. The van der Waals surface area contributed by atoms with Crippen LogP contribution in [-0.2, 0) is 33.0 Å². The first-order valence-electron chi connectivity index (χ1n) is 18.0. The number of rotatable bonds is 14. The first-order valence-corrected chi connectivity index (χ1v) is 18.8. The van der Waals surface area contributed by atoms with Gasteiger partial charge in [-0.1, -0.05) is 77.8 Å². The fraction of sp³-hybridized carbons (Fsp3) is 0.130. The third-order valence-electron chi connectivity index (χ3n) is 9.43. The number of ether oxygens (including phenoxy) is 4. The van der Waals surface area contributed by atoms with Crippen molar-refractivity contribution < 1.29 is 29.2 Å². The maximum absolute atomic E-state index is 10.1. The summed E-state index contributed by atoms with van der Waals surface area (Å²) in [7, 11) is 0. The van der Waals surface area contributed by atoms with Gasteiger partial charge in [-0.15, -0.1) is 0 Å². The molecule has 0 spiro atoms. The average Bonchev–Trinajstić information content (AvgIpc) is 3.25. The van der Waals surface area contributed by atoms with Crippen molar-refractivity contribution in [3.63, 3.8) is 0 Å². The lowest BCUT2D eigenvalue weighted by atomic mass is 9.95. The van der Waals surface area contributed by atoms with Crippen LogP contribution in [0.5, 0.6) is 28.9 Å². The van der Waals surface area contributed by atoms with Crippen LogP contribution in [-0.4, -0.2) is 20.2 Å². The predicted octanol–water partition coefficient (Wildman–Crippen LogP) is 10.2. The fourth-order valence-corrected chi connectivity index (χ4v) is 6.86. The second-order valence-corrected chi connectivity index (χ2v) is 14.0. The molecular formula is C46H34Cl2N4O6. The van der Waals surface area contributed by atoms with Crippen LogP contribution in [0.25, 0.3) is 22.0 Å². The first kappa shape index (κ1) is 39.6. The van der Waals surface area contributed by atoms with Gasteiger partial charge in [0.15, 0.2) is 5.75 Å². The molecule has 0 radical (unpaired) electrons. The summed E-state index contributed by atoms with van der Waals surface area (Å²) in [6, 6.07) is 36.6. The molecular weight excluding hydrogens is 775 g/mol. The highest BCUT2D eigenvalue weighted by Crippen LogP contribution is 2.40. The molecule has 1 heterocycles. The van der Waals surface area contributed by atoms with Crippen molar-refractivity contribution in [2.24, 2.45) is 0 Å². The van der Waals surface area contributed by atoms with Crippen LogP contribution in [0, 0.1) is 29.6 Å². The van der Waals surface area contributed by atoms with Crippen LogP contribution in [0.3, 0.4) is 0 Å². The third kappa shape index (κ3) is 8.82. The smallest absolute Gasteiger partial charge is 0.230 e. The zero-order valence-corrected chi connectivity index (χ0v) is 32.6. The van der Waals surface area contributed by atoms with Crippen molar-refractivity contribution in [1.82, 2.24) is 9.97 Å². The van der Waals surface area contributed by atoms with Gasteiger partial charge in [-0.25, -0.2) is 9.97 Å². The van der Waals surface area contributed by atoms with Crippen molar-refractivity contribution in [3.05, 3.63) is 170 Å². The van der Waals surface area contributed by atoms with Crippen LogP contribution in [0.1, 0.15) is 44.5 Å². The third-order valence-corrected chi connectivity index (χ3v) is 10.0. The molecule has 2 N–H and O–H groups in total. The van der Waals surface area contributed by atoms with E-state index in [1.165, 1.54) is 6.33 Å². The van der Waals surface area contributed by atoms with E-state index >= 15 is 0 Å². The van der Waals surface area contributed by atoms with Gasteiger partial charge in [-0.05, 0) is 77.2 Å². The van der Waals surface area contributed by atoms with E-state index in [1.54, 1.807) is 60.7 Å². The number of aliphatic hydroxyl groups is 2. The highest BCUT2D eigenvalue weighted by atomic mass is 35.5. The Morgan fingerprint density at radius 3 is 1.76 bits per heavy atom. The molecule has 6 aromatic carbocycles. The van der Waals surface area contributed by atoms with Gasteiger partial charge in [0.05, 0.1) is 57.4 Å². The molecule has 0 amide bonds. The largest absolute Gasteiger partial charge is 0.488 e. The van der Waals surface area contributed by atoms with Crippen LogP contribution >= 0.6 is 23.2 Å². The normalized spacial score (nSPS) is 10.8. The molecule has 0 bridgehead atoms. The quantitative estimate of drug-likeness (QED) is 0.109. The van der Waals surface area contributed by atoms with Crippen LogP contribution in [0.4, 0.5) is 0 Å². The monoisotopic (exact) mass is 808 g/mol. The molecule has 0 unspecified atom stereocenters. The number of hydrogen-bond donors (Lipinski definition) is 2. The lowest BCUT2D eigenvalue weighted by Crippen LogP contribution is -2.03. The Morgan fingerprint density at radius 1 is 0.586 bits per heavy atom. The number of benzene rings is 6. The Labute approximate surface area is 344 Å². The summed E-state index contributed by atoms with van der Waals surface area (Å²) < 4.78 is 24.7. The minimum atomic E-state index is -0.310. The van der Waals surface area contributed by atoms with Gasteiger partial charge in [0.1, 0.15) is 43.4 Å². The van der Waals surface area contributed by atoms with Crippen molar-refractivity contribution >= 4 is 34.1 Å². The van der Waals surface area contributed by atoms with Crippen molar-refractivity contribution in [2.75, 3.05) is 0 Å². The highest BCUT2D eigenvalue weighted by Gasteiger charge is 2.18. The lowest BCUT2D eigenvalue weighted by molar-refractivity contribution is 0.255. The minimum absolute atomic E-state index is 0.158. The van der Waals surface area contributed by atoms with E-state index in [2.05, 4.69) is 22.1 Å². The van der Waals surface area contributed by atoms with Gasteiger partial charge in [-0.3, -0.25) is 0 Å². The summed E-state index contributed by atoms with van der Waals surface area (Å²) in [5, 5.41) is 39.8. The van der Waals surface area contributed by atoms with Crippen molar-refractivity contribution in [1.29, 1.82) is 10.5 Å². The van der Waals surface area contributed by atoms with E-state index in [0.717, 1.165) is 33.4 Å². The topological polar surface area (TPSA) is 151 Å². The van der Waals surface area contributed by atoms with E-state index in [-0.39, 0.29) is 49.7 Å². The van der Waals surface area contributed by atoms with E-state index in [0.29, 0.717) is 55.4 Å². The SMILES string of the molecule is Cc1c(COc2cc(OCc3cccc(C#N)c3)c(CO)cc2Cl)cccc1-c1cccc2c(Oc3cc(OCc4cccc(C#N)c4)c(CO)cc3Cl)ncnc12. The van der Waals surface area contributed by atoms with E-state index in [9.17, 15) is 20.7 Å². The number of aliphatic hydroxyl groups excluding tert-OH is 2. The Hall–Kier alpha value is -6.66. The molecule has 0 atom stereocenters. The number of para-hydroxylation sites is 1. The van der Waals surface area contributed by atoms with Crippen LogP contribution < -0.4 is 18.9 Å². The molecule has 7 aromatic rings. The van der Waals surface area contributed by atoms with Gasteiger partial charge in [-0.2, -0.15) is 10.5 Å². The number of aromatic nitrogens is 2. The molecule has 10 nitrogen and oxygen atoms in total. The maximum atomic E-state index is 10.1. The van der Waals surface area contributed by atoms with Gasteiger partial charge >= 0.3 is 0 Å². The molecule has 0 saturated carbocycles. The van der Waals surface area contributed by atoms with Gasteiger partial charge in [0, 0.05) is 28.8 Å². The number of hydrogen-bond acceptors (Lipinski definition) is 10. The van der Waals surface area contributed by atoms with E-state index in [1.807, 2.05) is 55.5 Å². The number of halogens is 2. The molecule has 0 aliphatic heterocycles. The molecule has 12 heteroatoms. The Kier molecular flexibility index (Phi) is 12.3. The molecule has 0 aliphatic rings. The average molecular weight is 810 g/mol. The van der Waals surface area contributed by atoms with Gasteiger partial charge < -0.3 is 29.2 Å².